The summed E-state index contributed by atoms with van der Waals surface area (Å²) in [5.74, 6) is 2.76. The van der Waals surface area contributed by atoms with E-state index in [4.69, 9.17) is 4.98 Å². The summed E-state index contributed by atoms with van der Waals surface area (Å²) in [6.45, 7) is 9.60. The first-order chi connectivity index (χ1) is 9.12. The molecule has 1 aromatic heterocycles. The van der Waals surface area contributed by atoms with Crippen LogP contribution in [0.2, 0.25) is 0 Å². The summed E-state index contributed by atoms with van der Waals surface area (Å²) >= 11 is 5.54. The van der Waals surface area contributed by atoms with E-state index in [0.29, 0.717) is 5.25 Å². The average Bonchev–Trinajstić information content (AvgIpc) is 2.41. The van der Waals surface area contributed by atoms with Crippen LogP contribution in [0.3, 0.4) is 0 Å². The molecule has 0 fully saturated rings. The number of anilines is 1. The van der Waals surface area contributed by atoms with Gasteiger partial charge in [0.15, 0.2) is 0 Å². The van der Waals surface area contributed by atoms with Gasteiger partial charge < -0.3 is 5.32 Å². The van der Waals surface area contributed by atoms with Gasteiger partial charge in [-0.2, -0.15) is 11.8 Å². The molecule has 0 aliphatic heterocycles. The van der Waals surface area contributed by atoms with Crippen LogP contribution in [0, 0.1) is 0 Å². The van der Waals surface area contributed by atoms with Crippen LogP contribution in [0.1, 0.15) is 52.1 Å². The first-order valence-corrected chi connectivity index (χ1v) is 8.87. The molecule has 0 spiro atoms. The topological polar surface area (TPSA) is 37.8 Å². The number of rotatable bonds is 8. The molecule has 0 aliphatic carbocycles. The minimum absolute atomic E-state index is 0.657. The van der Waals surface area contributed by atoms with Crippen LogP contribution in [0.4, 0.5) is 5.82 Å². The predicted molar refractivity (Wildman–Crippen MR) is 88.9 cm³/mol. The van der Waals surface area contributed by atoms with Gasteiger partial charge in [-0.15, -0.1) is 0 Å². The molecule has 0 bridgehead atoms. The van der Waals surface area contributed by atoms with Crippen molar-refractivity contribution in [2.45, 2.75) is 58.0 Å². The van der Waals surface area contributed by atoms with E-state index in [9.17, 15) is 0 Å². The Morgan fingerprint density at radius 1 is 1.26 bits per heavy atom. The summed E-state index contributed by atoms with van der Waals surface area (Å²) in [6, 6.07) is 0. The average molecular weight is 346 g/mol. The maximum atomic E-state index is 4.69. The highest BCUT2D eigenvalue weighted by Crippen LogP contribution is 2.26. The lowest BCUT2D eigenvalue weighted by molar-refractivity contribution is 0.843. The van der Waals surface area contributed by atoms with E-state index < -0.39 is 0 Å². The van der Waals surface area contributed by atoms with E-state index in [0.717, 1.165) is 46.9 Å². The summed E-state index contributed by atoms with van der Waals surface area (Å²) < 4.78 is 1.02. The number of nitrogens with one attached hydrogen (secondary N) is 1. The fourth-order valence-electron chi connectivity index (χ4n) is 1.63. The van der Waals surface area contributed by atoms with Crippen molar-refractivity contribution in [1.82, 2.24) is 9.97 Å². The highest BCUT2D eigenvalue weighted by atomic mass is 79.9. The Bertz CT molecular complexity index is 371. The van der Waals surface area contributed by atoms with Crippen molar-refractivity contribution < 1.29 is 0 Å². The molecule has 108 valence electrons. The van der Waals surface area contributed by atoms with E-state index >= 15 is 0 Å². The number of thioether (sulfide) groups is 1. The van der Waals surface area contributed by atoms with Gasteiger partial charge in [0.25, 0.3) is 0 Å². The van der Waals surface area contributed by atoms with Crippen molar-refractivity contribution in [3.05, 3.63) is 16.0 Å². The molecular weight excluding hydrogens is 322 g/mol. The van der Waals surface area contributed by atoms with E-state index in [2.05, 4.69) is 53.9 Å². The minimum Gasteiger partial charge on any atom is -0.369 e. The number of halogens is 1. The van der Waals surface area contributed by atoms with Crippen LogP contribution in [-0.2, 0) is 12.2 Å². The Morgan fingerprint density at radius 2 is 2.00 bits per heavy atom. The van der Waals surface area contributed by atoms with Crippen molar-refractivity contribution in [2.24, 2.45) is 0 Å². The van der Waals surface area contributed by atoms with Gasteiger partial charge in [-0.25, -0.2) is 9.97 Å². The van der Waals surface area contributed by atoms with Crippen molar-refractivity contribution >= 4 is 33.5 Å². The molecule has 1 N–H and O–H groups in total. The zero-order chi connectivity index (χ0) is 14.3. The molecule has 0 radical (unpaired) electrons. The lowest BCUT2D eigenvalue weighted by atomic mass is 10.2. The molecule has 0 aliphatic rings. The van der Waals surface area contributed by atoms with E-state index in [1.165, 1.54) is 6.42 Å². The monoisotopic (exact) mass is 345 g/mol. The van der Waals surface area contributed by atoms with Gasteiger partial charge in [-0.3, -0.25) is 0 Å². The molecule has 1 aromatic rings. The smallest absolute Gasteiger partial charge is 0.144 e. The second-order valence-corrected chi connectivity index (χ2v) is 6.78. The predicted octanol–water partition coefficient (Wildman–Crippen LogP) is 4.66. The number of aryl methyl sites for hydroxylation is 1. The molecule has 3 nitrogen and oxygen atoms in total. The van der Waals surface area contributed by atoms with Gasteiger partial charge in [0.1, 0.15) is 11.6 Å². The lowest BCUT2D eigenvalue weighted by Crippen LogP contribution is -2.08. The summed E-state index contributed by atoms with van der Waals surface area (Å²) in [5, 5.41) is 3.97. The fourth-order valence-corrected chi connectivity index (χ4v) is 2.95. The Labute approximate surface area is 129 Å². The van der Waals surface area contributed by atoms with Crippen LogP contribution >= 0.6 is 27.7 Å². The van der Waals surface area contributed by atoms with Gasteiger partial charge in [0.05, 0.1) is 15.9 Å². The molecule has 1 heterocycles. The van der Waals surface area contributed by atoms with Crippen molar-refractivity contribution in [2.75, 3.05) is 11.9 Å². The summed E-state index contributed by atoms with van der Waals surface area (Å²) in [4.78, 5) is 9.31. The molecule has 19 heavy (non-hydrogen) atoms. The Morgan fingerprint density at radius 3 is 2.58 bits per heavy atom. The third-order valence-corrected chi connectivity index (χ3v) is 5.03. The molecule has 0 amide bonds. The molecule has 1 atom stereocenters. The number of hydrogen-bond acceptors (Lipinski definition) is 4. The number of nitrogens with zero attached hydrogens (tertiary/aromatic N) is 2. The molecule has 0 aromatic carbocycles. The van der Waals surface area contributed by atoms with E-state index in [1.54, 1.807) is 0 Å². The Balaban J connectivity index is 2.90. The van der Waals surface area contributed by atoms with Crippen LogP contribution in [-0.4, -0.2) is 21.8 Å². The molecule has 5 heteroatoms. The minimum atomic E-state index is 0.657. The maximum Gasteiger partial charge on any atom is 0.144 e. The SMILES string of the molecule is CCCc1nc(CSC(C)CC)nc(NCC)c1Br. The van der Waals surface area contributed by atoms with Gasteiger partial charge in [-0.1, -0.05) is 27.2 Å². The summed E-state index contributed by atoms with van der Waals surface area (Å²) in [6.07, 6.45) is 3.27. The number of aromatic nitrogens is 2. The van der Waals surface area contributed by atoms with E-state index in [1.807, 2.05) is 11.8 Å². The van der Waals surface area contributed by atoms with Crippen LogP contribution in [0.15, 0.2) is 4.47 Å². The standard InChI is InChI=1S/C14H24BrN3S/c1-5-8-11-13(15)14(16-7-3)18-12(17-11)9-19-10(4)6-2/h10H,5-9H2,1-4H3,(H,16,17,18). The van der Waals surface area contributed by atoms with Gasteiger partial charge in [0.2, 0.25) is 0 Å². The molecule has 0 saturated heterocycles. The highest BCUT2D eigenvalue weighted by Gasteiger charge is 2.12. The molecule has 0 saturated carbocycles. The normalized spacial score (nSPS) is 12.5. The second-order valence-electron chi connectivity index (χ2n) is 4.56. The lowest BCUT2D eigenvalue weighted by Gasteiger charge is -2.13. The number of hydrogen-bond donors (Lipinski definition) is 1. The third-order valence-electron chi connectivity index (χ3n) is 2.87. The van der Waals surface area contributed by atoms with Crippen molar-refractivity contribution in [3.8, 4) is 0 Å². The fraction of sp³-hybridized carbons (Fsp3) is 0.714. The van der Waals surface area contributed by atoms with Crippen molar-refractivity contribution in [3.63, 3.8) is 0 Å². The Hall–Kier alpha value is -0.290. The van der Waals surface area contributed by atoms with Crippen LogP contribution in [0.5, 0.6) is 0 Å². The van der Waals surface area contributed by atoms with Gasteiger partial charge in [-0.05, 0) is 35.7 Å². The van der Waals surface area contributed by atoms with Gasteiger partial charge >= 0.3 is 0 Å². The van der Waals surface area contributed by atoms with Crippen LogP contribution in [0.25, 0.3) is 0 Å². The van der Waals surface area contributed by atoms with Crippen molar-refractivity contribution in [1.29, 1.82) is 0 Å². The Kier molecular flexibility index (Phi) is 7.76. The highest BCUT2D eigenvalue weighted by molar-refractivity contribution is 9.10. The van der Waals surface area contributed by atoms with Gasteiger partial charge in [0, 0.05) is 11.8 Å². The first-order valence-electron chi connectivity index (χ1n) is 7.03. The maximum absolute atomic E-state index is 4.69. The third kappa shape index (κ3) is 5.30. The molecule has 1 rings (SSSR count). The van der Waals surface area contributed by atoms with E-state index in [-0.39, 0.29) is 0 Å². The zero-order valence-electron chi connectivity index (χ0n) is 12.3. The first kappa shape index (κ1) is 16.8. The summed E-state index contributed by atoms with van der Waals surface area (Å²) in [7, 11) is 0. The zero-order valence-corrected chi connectivity index (χ0v) is 14.7. The second kappa shape index (κ2) is 8.80. The largest absolute Gasteiger partial charge is 0.369 e. The summed E-state index contributed by atoms with van der Waals surface area (Å²) in [5.41, 5.74) is 1.12. The molecule has 1 unspecified atom stereocenters. The quantitative estimate of drug-likeness (QED) is 0.743. The van der Waals surface area contributed by atoms with Crippen LogP contribution < -0.4 is 5.32 Å². The molecular formula is C14H24BrN3S.